The molecule has 0 saturated carbocycles. The minimum Gasteiger partial charge on any atom is -0.396 e. The predicted molar refractivity (Wildman–Crippen MR) is 53.2 cm³/mol. The second kappa shape index (κ2) is 6.88. The topological polar surface area (TPSA) is 47.3 Å². The first-order valence-electron chi connectivity index (χ1n) is 4.93. The molecule has 76 valence electrons. The molecule has 0 aliphatic heterocycles. The minimum absolute atomic E-state index is 0.00782. The van der Waals surface area contributed by atoms with E-state index >= 15 is 0 Å². The van der Waals surface area contributed by atoms with Gasteiger partial charge < -0.3 is 5.11 Å². The second-order valence-corrected chi connectivity index (χ2v) is 3.46. The molecular formula is C10H20N2O. The quantitative estimate of drug-likeness (QED) is 0.678. The van der Waals surface area contributed by atoms with Crippen molar-refractivity contribution in [3.05, 3.63) is 0 Å². The Kier molecular flexibility index (Phi) is 6.56. The van der Waals surface area contributed by atoms with Gasteiger partial charge in [-0.15, -0.1) is 0 Å². The number of nitriles is 1. The van der Waals surface area contributed by atoms with Gasteiger partial charge in [-0.2, -0.15) is 5.26 Å². The molecule has 0 spiro atoms. The van der Waals surface area contributed by atoms with Gasteiger partial charge in [-0.25, -0.2) is 0 Å². The van der Waals surface area contributed by atoms with Crippen molar-refractivity contribution in [2.75, 3.05) is 13.2 Å². The van der Waals surface area contributed by atoms with Crippen LogP contribution in [0.4, 0.5) is 0 Å². The summed E-state index contributed by atoms with van der Waals surface area (Å²) in [6.07, 6.45) is 1.59. The zero-order valence-corrected chi connectivity index (χ0v) is 8.82. The van der Waals surface area contributed by atoms with Crippen LogP contribution in [-0.2, 0) is 0 Å². The highest BCUT2D eigenvalue weighted by Gasteiger charge is 2.18. The molecule has 0 amide bonds. The van der Waals surface area contributed by atoms with Crippen LogP contribution in [0.15, 0.2) is 0 Å². The molecule has 3 heteroatoms. The molecule has 13 heavy (non-hydrogen) atoms. The van der Waals surface area contributed by atoms with Crippen molar-refractivity contribution in [2.24, 2.45) is 0 Å². The van der Waals surface area contributed by atoms with E-state index in [9.17, 15) is 0 Å². The van der Waals surface area contributed by atoms with Gasteiger partial charge in [0, 0.05) is 19.2 Å². The second-order valence-electron chi connectivity index (χ2n) is 3.46. The van der Waals surface area contributed by atoms with Gasteiger partial charge in [-0.3, -0.25) is 4.90 Å². The van der Waals surface area contributed by atoms with E-state index in [1.165, 1.54) is 0 Å². The van der Waals surface area contributed by atoms with E-state index in [1.807, 2.05) is 6.92 Å². The lowest BCUT2D eigenvalue weighted by Crippen LogP contribution is -2.40. The zero-order chi connectivity index (χ0) is 10.3. The monoisotopic (exact) mass is 184 g/mol. The molecule has 1 atom stereocenters. The fourth-order valence-electron chi connectivity index (χ4n) is 1.43. The first-order chi connectivity index (χ1) is 6.17. The molecule has 0 bridgehead atoms. The maximum atomic E-state index is 8.89. The molecule has 0 aromatic rings. The maximum absolute atomic E-state index is 8.89. The van der Waals surface area contributed by atoms with Crippen LogP contribution < -0.4 is 0 Å². The number of aliphatic hydroxyl groups excluding tert-OH is 1. The van der Waals surface area contributed by atoms with Crippen molar-refractivity contribution >= 4 is 0 Å². The molecule has 0 aliphatic rings. The predicted octanol–water partition coefficient (Wildman–Crippen LogP) is 1.38. The molecular weight excluding hydrogens is 164 g/mol. The fraction of sp³-hybridized carbons (Fsp3) is 0.900. The standard InChI is InChI=1S/C10H20N2O/c1-4-10(8-11)12(9(2)3)6-5-7-13/h9-10,13H,4-7H2,1-3H3. The molecule has 0 aromatic carbocycles. The van der Waals surface area contributed by atoms with E-state index < -0.39 is 0 Å². The van der Waals surface area contributed by atoms with E-state index in [2.05, 4.69) is 24.8 Å². The van der Waals surface area contributed by atoms with Crippen molar-refractivity contribution < 1.29 is 5.11 Å². The summed E-state index contributed by atoms with van der Waals surface area (Å²) < 4.78 is 0. The van der Waals surface area contributed by atoms with Crippen molar-refractivity contribution in [1.82, 2.24) is 4.90 Å². The molecule has 0 heterocycles. The van der Waals surface area contributed by atoms with Crippen LogP contribution in [0.25, 0.3) is 0 Å². The first kappa shape index (κ1) is 12.4. The molecule has 0 saturated heterocycles. The van der Waals surface area contributed by atoms with E-state index in [-0.39, 0.29) is 12.6 Å². The summed E-state index contributed by atoms with van der Waals surface area (Å²) in [6, 6.07) is 2.65. The summed E-state index contributed by atoms with van der Waals surface area (Å²) in [7, 11) is 0. The number of rotatable bonds is 6. The molecule has 0 aliphatic carbocycles. The zero-order valence-electron chi connectivity index (χ0n) is 8.82. The highest BCUT2D eigenvalue weighted by molar-refractivity contribution is 4.91. The van der Waals surface area contributed by atoms with Gasteiger partial charge in [0.15, 0.2) is 0 Å². The Bertz CT molecular complexity index is 163. The molecule has 3 nitrogen and oxygen atoms in total. The Hall–Kier alpha value is -0.590. The minimum atomic E-state index is -0.00782. The largest absolute Gasteiger partial charge is 0.396 e. The van der Waals surface area contributed by atoms with Crippen molar-refractivity contribution in [2.45, 2.75) is 45.7 Å². The number of hydrogen-bond donors (Lipinski definition) is 1. The highest BCUT2D eigenvalue weighted by Crippen LogP contribution is 2.08. The Morgan fingerprint density at radius 1 is 1.46 bits per heavy atom. The van der Waals surface area contributed by atoms with Crippen LogP contribution in [0, 0.1) is 11.3 Å². The molecule has 0 radical (unpaired) electrons. The average Bonchev–Trinajstić information content (AvgIpc) is 2.11. The van der Waals surface area contributed by atoms with Crippen LogP contribution in [0.1, 0.15) is 33.6 Å². The lowest BCUT2D eigenvalue weighted by molar-refractivity contribution is 0.162. The van der Waals surface area contributed by atoms with Gasteiger partial charge in [0.05, 0.1) is 12.1 Å². The third-order valence-electron chi connectivity index (χ3n) is 2.17. The average molecular weight is 184 g/mol. The van der Waals surface area contributed by atoms with Gasteiger partial charge in [0.2, 0.25) is 0 Å². The molecule has 1 unspecified atom stereocenters. The number of nitrogens with zero attached hydrogens (tertiary/aromatic N) is 2. The summed E-state index contributed by atoms with van der Waals surface area (Å²) in [6.45, 7) is 7.18. The van der Waals surface area contributed by atoms with Crippen molar-refractivity contribution in [1.29, 1.82) is 5.26 Å². The summed E-state index contributed by atoms with van der Waals surface area (Å²) in [5, 5.41) is 17.6. The van der Waals surface area contributed by atoms with E-state index in [0.717, 1.165) is 19.4 Å². The summed E-state index contributed by atoms with van der Waals surface area (Å²) >= 11 is 0. The van der Waals surface area contributed by atoms with Crippen LogP contribution in [-0.4, -0.2) is 35.2 Å². The van der Waals surface area contributed by atoms with Crippen LogP contribution in [0.3, 0.4) is 0 Å². The highest BCUT2D eigenvalue weighted by atomic mass is 16.3. The van der Waals surface area contributed by atoms with Crippen LogP contribution >= 0.6 is 0 Å². The van der Waals surface area contributed by atoms with Crippen molar-refractivity contribution in [3.63, 3.8) is 0 Å². The van der Waals surface area contributed by atoms with E-state index in [4.69, 9.17) is 10.4 Å². The Labute approximate surface area is 81.0 Å². The van der Waals surface area contributed by atoms with E-state index in [1.54, 1.807) is 0 Å². The SMILES string of the molecule is CCC(C#N)N(CCCO)C(C)C. The number of aliphatic hydroxyl groups is 1. The van der Waals surface area contributed by atoms with Gasteiger partial charge >= 0.3 is 0 Å². The molecule has 0 rings (SSSR count). The normalized spacial score (nSPS) is 13.3. The summed E-state index contributed by atoms with van der Waals surface area (Å²) in [4.78, 5) is 2.14. The smallest absolute Gasteiger partial charge is 0.0977 e. The van der Waals surface area contributed by atoms with Gasteiger partial charge in [-0.1, -0.05) is 6.92 Å². The maximum Gasteiger partial charge on any atom is 0.0977 e. The third kappa shape index (κ3) is 4.25. The van der Waals surface area contributed by atoms with Crippen molar-refractivity contribution in [3.8, 4) is 6.07 Å². The lowest BCUT2D eigenvalue weighted by atomic mass is 10.1. The molecule has 1 N–H and O–H groups in total. The summed E-state index contributed by atoms with van der Waals surface area (Å²) in [5.74, 6) is 0. The van der Waals surface area contributed by atoms with E-state index in [0.29, 0.717) is 6.04 Å². The Morgan fingerprint density at radius 3 is 2.38 bits per heavy atom. The fourth-order valence-corrected chi connectivity index (χ4v) is 1.43. The van der Waals surface area contributed by atoms with Gasteiger partial charge in [0.25, 0.3) is 0 Å². The van der Waals surface area contributed by atoms with Gasteiger partial charge in [-0.05, 0) is 26.7 Å². The van der Waals surface area contributed by atoms with Crippen LogP contribution in [0.5, 0.6) is 0 Å². The van der Waals surface area contributed by atoms with Crippen LogP contribution in [0.2, 0.25) is 0 Å². The summed E-state index contributed by atoms with van der Waals surface area (Å²) in [5.41, 5.74) is 0. The number of hydrogen-bond acceptors (Lipinski definition) is 3. The Morgan fingerprint density at radius 2 is 2.08 bits per heavy atom. The first-order valence-corrected chi connectivity index (χ1v) is 4.93. The third-order valence-corrected chi connectivity index (χ3v) is 2.17. The molecule has 0 aromatic heterocycles. The van der Waals surface area contributed by atoms with Gasteiger partial charge in [0.1, 0.15) is 0 Å². The Balaban J connectivity index is 4.15. The molecule has 0 fully saturated rings. The lowest BCUT2D eigenvalue weighted by Gasteiger charge is -2.29.